The van der Waals surface area contributed by atoms with Crippen molar-refractivity contribution in [3.05, 3.63) is 0 Å². The molecule has 0 aliphatic heterocycles. The molecule has 0 spiro atoms. The van der Waals surface area contributed by atoms with Gasteiger partial charge in [0.15, 0.2) is 0 Å². The van der Waals surface area contributed by atoms with E-state index in [1.807, 2.05) is 0 Å². The van der Waals surface area contributed by atoms with E-state index in [0.717, 1.165) is 6.04 Å². The molecule has 0 aromatic carbocycles. The second kappa shape index (κ2) is 7.79. The summed E-state index contributed by atoms with van der Waals surface area (Å²) < 4.78 is 0. The summed E-state index contributed by atoms with van der Waals surface area (Å²) in [6, 6.07) is 1.48. The number of nitrogens with one attached hydrogen (secondary N) is 1. The molecule has 0 radical (unpaired) electrons. The fourth-order valence-electron chi connectivity index (χ4n) is 4.29. The first-order chi connectivity index (χ1) is 9.61. The lowest BCUT2D eigenvalue weighted by Gasteiger charge is -2.38. The molecule has 0 bridgehead atoms. The monoisotopic (exact) mass is 280 g/mol. The topological polar surface area (TPSA) is 15.3 Å². The number of hydrogen-bond donors (Lipinski definition) is 1. The van der Waals surface area contributed by atoms with Gasteiger partial charge in [0.25, 0.3) is 0 Å². The number of rotatable bonds is 6. The van der Waals surface area contributed by atoms with Gasteiger partial charge in [-0.3, -0.25) is 0 Å². The maximum atomic E-state index is 3.72. The van der Waals surface area contributed by atoms with Crippen molar-refractivity contribution >= 4 is 0 Å². The molecule has 0 aromatic heterocycles. The highest BCUT2D eigenvalue weighted by Gasteiger charge is 2.36. The van der Waals surface area contributed by atoms with Crippen LogP contribution in [0.3, 0.4) is 0 Å². The largest absolute Gasteiger partial charge is 0.314 e. The van der Waals surface area contributed by atoms with Crippen molar-refractivity contribution in [1.29, 1.82) is 0 Å². The summed E-state index contributed by atoms with van der Waals surface area (Å²) in [5.74, 6) is 0. The third-order valence-electron chi connectivity index (χ3n) is 5.58. The molecular formula is C18H36N2. The van der Waals surface area contributed by atoms with Gasteiger partial charge >= 0.3 is 0 Å². The predicted molar refractivity (Wildman–Crippen MR) is 88.2 cm³/mol. The van der Waals surface area contributed by atoms with Gasteiger partial charge in [0.05, 0.1) is 0 Å². The first-order valence-corrected chi connectivity index (χ1v) is 9.05. The normalized spacial score (nSPS) is 24.4. The Balaban J connectivity index is 1.89. The fourth-order valence-corrected chi connectivity index (χ4v) is 4.29. The van der Waals surface area contributed by atoms with E-state index in [1.54, 1.807) is 0 Å². The van der Waals surface area contributed by atoms with Gasteiger partial charge in [0.2, 0.25) is 0 Å². The van der Waals surface area contributed by atoms with Crippen LogP contribution in [0.2, 0.25) is 0 Å². The zero-order chi connectivity index (χ0) is 14.4. The molecule has 2 saturated carbocycles. The maximum absolute atomic E-state index is 3.72. The van der Waals surface area contributed by atoms with Gasteiger partial charge < -0.3 is 10.2 Å². The molecule has 2 aliphatic carbocycles. The summed E-state index contributed by atoms with van der Waals surface area (Å²) in [5, 5.41) is 3.72. The zero-order valence-electron chi connectivity index (χ0n) is 14.1. The van der Waals surface area contributed by atoms with E-state index in [-0.39, 0.29) is 0 Å². The van der Waals surface area contributed by atoms with E-state index < -0.39 is 0 Å². The first-order valence-electron chi connectivity index (χ1n) is 9.05. The SMILES string of the molecule is CC(C)NCC1(CN(C)C2CCCCCC2)CCCC1. The van der Waals surface area contributed by atoms with E-state index in [9.17, 15) is 0 Å². The standard InChI is InChI=1S/C18H36N2/c1-16(2)19-14-18(12-8-9-13-18)15-20(3)17-10-6-4-5-7-11-17/h16-17,19H,4-15H2,1-3H3. The van der Waals surface area contributed by atoms with Gasteiger partial charge in [-0.15, -0.1) is 0 Å². The lowest BCUT2D eigenvalue weighted by molar-refractivity contribution is 0.124. The Kier molecular flexibility index (Phi) is 6.35. The Labute approximate surface area is 126 Å². The third-order valence-corrected chi connectivity index (χ3v) is 5.58. The number of nitrogens with zero attached hydrogens (tertiary/aromatic N) is 1. The second-order valence-corrected chi connectivity index (χ2v) is 7.80. The molecule has 0 atom stereocenters. The summed E-state index contributed by atoms with van der Waals surface area (Å²) >= 11 is 0. The Morgan fingerprint density at radius 2 is 1.60 bits per heavy atom. The van der Waals surface area contributed by atoms with Crippen LogP contribution in [0.25, 0.3) is 0 Å². The average Bonchev–Trinajstić information content (AvgIpc) is 2.70. The molecule has 20 heavy (non-hydrogen) atoms. The predicted octanol–water partition coefficient (Wildman–Crippen LogP) is 4.20. The van der Waals surface area contributed by atoms with E-state index in [2.05, 4.69) is 31.1 Å². The van der Waals surface area contributed by atoms with Crippen molar-refractivity contribution in [2.75, 3.05) is 20.1 Å². The molecule has 2 nitrogen and oxygen atoms in total. The zero-order valence-corrected chi connectivity index (χ0v) is 14.1. The van der Waals surface area contributed by atoms with E-state index in [0.29, 0.717) is 11.5 Å². The Bertz CT molecular complexity index is 261. The van der Waals surface area contributed by atoms with Crippen LogP contribution in [0.1, 0.15) is 78.1 Å². The highest BCUT2D eigenvalue weighted by molar-refractivity contribution is 4.90. The Morgan fingerprint density at radius 1 is 1.00 bits per heavy atom. The highest BCUT2D eigenvalue weighted by atomic mass is 15.1. The third kappa shape index (κ3) is 4.73. The maximum Gasteiger partial charge on any atom is 0.00924 e. The smallest absolute Gasteiger partial charge is 0.00924 e. The van der Waals surface area contributed by atoms with Crippen LogP contribution in [-0.2, 0) is 0 Å². The Morgan fingerprint density at radius 3 is 2.15 bits per heavy atom. The molecule has 1 N–H and O–H groups in total. The minimum atomic E-state index is 0.561. The van der Waals surface area contributed by atoms with Gasteiger partial charge in [-0.25, -0.2) is 0 Å². The van der Waals surface area contributed by atoms with Crippen molar-refractivity contribution in [2.45, 2.75) is 90.1 Å². The lowest BCUT2D eigenvalue weighted by Crippen LogP contribution is -2.46. The van der Waals surface area contributed by atoms with Crippen LogP contribution < -0.4 is 5.32 Å². The van der Waals surface area contributed by atoms with Gasteiger partial charge in [0.1, 0.15) is 0 Å². The molecule has 0 unspecified atom stereocenters. The summed E-state index contributed by atoms with van der Waals surface area (Å²) in [4.78, 5) is 2.72. The molecule has 2 aliphatic rings. The van der Waals surface area contributed by atoms with E-state index >= 15 is 0 Å². The molecule has 2 fully saturated rings. The minimum Gasteiger partial charge on any atom is -0.314 e. The minimum absolute atomic E-state index is 0.561. The summed E-state index contributed by atoms with van der Waals surface area (Å²) in [7, 11) is 2.39. The van der Waals surface area contributed by atoms with Gasteiger partial charge in [-0.05, 0) is 38.1 Å². The van der Waals surface area contributed by atoms with Crippen LogP contribution in [0.15, 0.2) is 0 Å². The average molecular weight is 280 g/mol. The summed E-state index contributed by atoms with van der Waals surface area (Å²) in [6.07, 6.45) is 14.5. The van der Waals surface area contributed by atoms with Crippen LogP contribution >= 0.6 is 0 Å². The lowest BCUT2D eigenvalue weighted by atomic mass is 9.84. The molecule has 0 amide bonds. The number of hydrogen-bond acceptors (Lipinski definition) is 2. The van der Waals surface area contributed by atoms with Crippen molar-refractivity contribution < 1.29 is 0 Å². The van der Waals surface area contributed by atoms with Crippen molar-refractivity contribution in [3.63, 3.8) is 0 Å². The van der Waals surface area contributed by atoms with Crippen LogP contribution in [-0.4, -0.2) is 37.1 Å². The molecule has 0 saturated heterocycles. The van der Waals surface area contributed by atoms with Gasteiger partial charge in [-0.1, -0.05) is 52.4 Å². The molecule has 0 aromatic rings. The Hall–Kier alpha value is -0.0800. The second-order valence-electron chi connectivity index (χ2n) is 7.80. The molecule has 2 heteroatoms. The molecule has 0 heterocycles. The summed E-state index contributed by atoms with van der Waals surface area (Å²) in [6.45, 7) is 7.09. The van der Waals surface area contributed by atoms with E-state index in [4.69, 9.17) is 0 Å². The van der Waals surface area contributed by atoms with Crippen LogP contribution in [0.5, 0.6) is 0 Å². The molecule has 118 valence electrons. The van der Waals surface area contributed by atoms with Crippen molar-refractivity contribution in [1.82, 2.24) is 10.2 Å². The highest BCUT2D eigenvalue weighted by Crippen LogP contribution is 2.39. The fraction of sp³-hybridized carbons (Fsp3) is 1.00. The molecule has 2 rings (SSSR count). The first kappa shape index (κ1) is 16.3. The quantitative estimate of drug-likeness (QED) is 0.734. The van der Waals surface area contributed by atoms with E-state index in [1.165, 1.54) is 77.3 Å². The molecular weight excluding hydrogens is 244 g/mol. The van der Waals surface area contributed by atoms with Gasteiger partial charge in [-0.2, -0.15) is 0 Å². The van der Waals surface area contributed by atoms with Crippen molar-refractivity contribution in [2.24, 2.45) is 5.41 Å². The van der Waals surface area contributed by atoms with Crippen molar-refractivity contribution in [3.8, 4) is 0 Å². The van der Waals surface area contributed by atoms with Crippen LogP contribution in [0.4, 0.5) is 0 Å². The summed E-state index contributed by atoms with van der Waals surface area (Å²) in [5.41, 5.74) is 0.561. The van der Waals surface area contributed by atoms with Crippen LogP contribution in [0, 0.1) is 5.41 Å². The van der Waals surface area contributed by atoms with Gasteiger partial charge in [0, 0.05) is 25.2 Å².